The molecule has 4 N–H and O–H groups in total. The Morgan fingerprint density at radius 3 is 3.06 bits per heavy atom. The number of amides is 1. The largest absolute Gasteiger partial charge is 0.368 e. The lowest BCUT2D eigenvalue weighted by Gasteiger charge is -2.23. The number of rotatable bonds is 2. The van der Waals surface area contributed by atoms with Crippen molar-refractivity contribution in [1.29, 1.82) is 0 Å². The zero-order valence-corrected chi connectivity index (χ0v) is 9.29. The molecule has 1 saturated heterocycles. The number of nitrogen functional groups attached to an aromatic ring is 1. The van der Waals surface area contributed by atoms with Gasteiger partial charge in [-0.2, -0.15) is 4.98 Å². The molecule has 86 valence electrons. The van der Waals surface area contributed by atoms with Crippen molar-refractivity contribution in [3.05, 3.63) is 11.2 Å². The first kappa shape index (κ1) is 10.9. The minimum Gasteiger partial charge on any atom is -0.368 e. The molecule has 0 spiro atoms. The van der Waals surface area contributed by atoms with Crippen LogP contribution in [0.3, 0.4) is 0 Å². The predicted molar refractivity (Wildman–Crippen MR) is 61.1 cm³/mol. The van der Waals surface area contributed by atoms with E-state index >= 15 is 0 Å². The van der Waals surface area contributed by atoms with E-state index in [0.29, 0.717) is 5.82 Å². The number of piperidine rings is 1. The van der Waals surface area contributed by atoms with Crippen molar-refractivity contribution in [1.82, 2.24) is 15.3 Å². The van der Waals surface area contributed by atoms with Crippen molar-refractivity contribution in [2.24, 2.45) is 0 Å². The quantitative estimate of drug-likeness (QED) is 0.652. The lowest BCUT2D eigenvalue weighted by Crippen LogP contribution is -2.44. The van der Waals surface area contributed by atoms with Gasteiger partial charge in [0.2, 0.25) is 11.9 Å². The Kier molecular flexibility index (Phi) is 3.09. The first-order valence-electron chi connectivity index (χ1n) is 4.99. The van der Waals surface area contributed by atoms with Crippen LogP contribution in [0.2, 0.25) is 5.15 Å². The van der Waals surface area contributed by atoms with Crippen LogP contribution in [0, 0.1) is 0 Å². The summed E-state index contributed by atoms with van der Waals surface area (Å²) in [4.78, 5) is 19.2. The van der Waals surface area contributed by atoms with E-state index in [-0.39, 0.29) is 23.1 Å². The minimum atomic E-state index is -0.279. The lowest BCUT2D eigenvalue weighted by molar-refractivity contribution is -0.123. The molecule has 0 radical (unpaired) electrons. The number of carbonyl (C=O) groups is 1. The topological polar surface area (TPSA) is 92.9 Å². The maximum Gasteiger partial charge on any atom is 0.242 e. The second kappa shape index (κ2) is 4.52. The Labute approximate surface area is 97.6 Å². The van der Waals surface area contributed by atoms with Crippen LogP contribution in [0.4, 0.5) is 11.8 Å². The van der Waals surface area contributed by atoms with Gasteiger partial charge in [-0.3, -0.25) is 4.79 Å². The molecule has 1 amide bonds. The molecule has 1 fully saturated rings. The van der Waals surface area contributed by atoms with Gasteiger partial charge in [-0.15, -0.1) is 0 Å². The van der Waals surface area contributed by atoms with Crippen LogP contribution in [0.15, 0.2) is 6.07 Å². The van der Waals surface area contributed by atoms with Gasteiger partial charge >= 0.3 is 0 Å². The number of hydrogen-bond acceptors (Lipinski definition) is 5. The van der Waals surface area contributed by atoms with Crippen LogP contribution in [-0.2, 0) is 4.79 Å². The molecule has 2 rings (SSSR count). The molecule has 0 saturated carbocycles. The van der Waals surface area contributed by atoms with Crippen LogP contribution in [0.1, 0.15) is 12.8 Å². The Balaban J connectivity index is 2.10. The molecule has 1 unspecified atom stereocenters. The molecule has 2 heterocycles. The van der Waals surface area contributed by atoms with E-state index in [4.69, 9.17) is 17.3 Å². The highest BCUT2D eigenvalue weighted by Gasteiger charge is 2.22. The van der Waals surface area contributed by atoms with Gasteiger partial charge in [0.1, 0.15) is 17.0 Å². The number of hydrogen-bond donors (Lipinski definition) is 3. The van der Waals surface area contributed by atoms with Crippen LogP contribution in [-0.4, -0.2) is 28.5 Å². The fraction of sp³-hybridized carbons (Fsp3) is 0.444. The van der Waals surface area contributed by atoms with Crippen molar-refractivity contribution in [2.75, 3.05) is 17.6 Å². The first-order chi connectivity index (χ1) is 7.65. The molecule has 16 heavy (non-hydrogen) atoms. The summed E-state index contributed by atoms with van der Waals surface area (Å²) >= 11 is 5.73. The standard InChI is InChI=1S/C9H12ClN5O/c10-6-4-7(15-9(11)14-6)13-5-2-1-3-12-8(5)16/h4-5H,1-3H2,(H,12,16)(H3,11,13,14,15). The van der Waals surface area contributed by atoms with Crippen LogP contribution in [0.25, 0.3) is 0 Å². The first-order valence-corrected chi connectivity index (χ1v) is 5.37. The number of nitrogens with two attached hydrogens (primary N) is 1. The van der Waals surface area contributed by atoms with Crippen molar-refractivity contribution >= 4 is 29.3 Å². The number of halogens is 1. The Morgan fingerprint density at radius 2 is 2.38 bits per heavy atom. The van der Waals surface area contributed by atoms with E-state index in [1.54, 1.807) is 6.07 Å². The van der Waals surface area contributed by atoms with Crippen LogP contribution in [0.5, 0.6) is 0 Å². The monoisotopic (exact) mass is 241 g/mol. The highest BCUT2D eigenvalue weighted by Crippen LogP contribution is 2.15. The van der Waals surface area contributed by atoms with Crippen molar-refractivity contribution in [3.8, 4) is 0 Å². The molecule has 1 atom stereocenters. The molecule has 1 aliphatic heterocycles. The molecular weight excluding hydrogens is 230 g/mol. The van der Waals surface area contributed by atoms with E-state index in [0.717, 1.165) is 19.4 Å². The summed E-state index contributed by atoms with van der Waals surface area (Å²) in [6.45, 7) is 0.726. The molecule has 0 aliphatic carbocycles. The second-order valence-corrected chi connectivity index (χ2v) is 3.95. The Morgan fingerprint density at radius 1 is 1.56 bits per heavy atom. The van der Waals surface area contributed by atoms with Crippen molar-refractivity contribution < 1.29 is 4.79 Å². The summed E-state index contributed by atoms with van der Waals surface area (Å²) in [5, 5.41) is 6.01. The highest BCUT2D eigenvalue weighted by atomic mass is 35.5. The third kappa shape index (κ3) is 2.52. The molecule has 0 aromatic carbocycles. The molecule has 0 bridgehead atoms. The number of aromatic nitrogens is 2. The zero-order valence-electron chi connectivity index (χ0n) is 8.53. The number of nitrogens with one attached hydrogen (secondary N) is 2. The van der Waals surface area contributed by atoms with Gasteiger partial charge in [-0.1, -0.05) is 11.6 Å². The van der Waals surface area contributed by atoms with Crippen LogP contribution >= 0.6 is 11.6 Å². The van der Waals surface area contributed by atoms with Gasteiger partial charge in [0.05, 0.1) is 0 Å². The van der Waals surface area contributed by atoms with Crippen molar-refractivity contribution in [3.63, 3.8) is 0 Å². The average Bonchev–Trinajstić information content (AvgIpc) is 2.20. The fourth-order valence-corrected chi connectivity index (χ4v) is 1.79. The summed E-state index contributed by atoms with van der Waals surface area (Å²) in [5.41, 5.74) is 5.45. The van der Waals surface area contributed by atoms with Gasteiger partial charge in [-0.05, 0) is 12.8 Å². The lowest BCUT2D eigenvalue weighted by atomic mass is 10.1. The third-order valence-corrected chi connectivity index (χ3v) is 2.51. The van der Waals surface area contributed by atoms with Crippen LogP contribution < -0.4 is 16.4 Å². The van der Waals surface area contributed by atoms with Gasteiger partial charge in [0.15, 0.2) is 0 Å². The average molecular weight is 242 g/mol. The Hall–Kier alpha value is -1.56. The number of nitrogens with zero attached hydrogens (tertiary/aromatic N) is 2. The van der Waals surface area contributed by atoms with Gasteiger partial charge in [0, 0.05) is 12.6 Å². The van der Waals surface area contributed by atoms with E-state index in [9.17, 15) is 4.79 Å². The van der Waals surface area contributed by atoms with Gasteiger partial charge < -0.3 is 16.4 Å². The van der Waals surface area contributed by atoms with E-state index in [2.05, 4.69) is 20.6 Å². The SMILES string of the molecule is Nc1nc(Cl)cc(NC2CCCNC2=O)n1. The summed E-state index contributed by atoms with van der Waals surface area (Å²) in [6, 6.07) is 1.26. The normalized spacial score (nSPS) is 20.3. The molecule has 6 nitrogen and oxygen atoms in total. The third-order valence-electron chi connectivity index (χ3n) is 2.32. The zero-order chi connectivity index (χ0) is 11.5. The predicted octanol–water partition coefficient (Wildman–Crippen LogP) is 0.403. The Bertz CT molecular complexity index is 391. The van der Waals surface area contributed by atoms with E-state index in [1.807, 2.05) is 0 Å². The van der Waals surface area contributed by atoms with Gasteiger partial charge in [0.25, 0.3) is 0 Å². The maximum atomic E-state index is 11.5. The summed E-state index contributed by atoms with van der Waals surface area (Å²) in [7, 11) is 0. The van der Waals surface area contributed by atoms with E-state index < -0.39 is 0 Å². The minimum absolute atomic E-state index is 0.0282. The van der Waals surface area contributed by atoms with Crippen molar-refractivity contribution in [2.45, 2.75) is 18.9 Å². The molecule has 1 aromatic heterocycles. The highest BCUT2D eigenvalue weighted by molar-refractivity contribution is 6.29. The summed E-state index contributed by atoms with van der Waals surface area (Å²) in [6.07, 6.45) is 1.71. The maximum absolute atomic E-state index is 11.5. The smallest absolute Gasteiger partial charge is 0.242 e. The summed E-state index contributed by atoms with van der Waals surface area (Å²) < 4.78 is 0. The number of carbonyl (C=O) groups excluding carboxylic acids is 1. The number of anilines is 2. The summed E-state index contributed by atoms with van der Waals surface area (Å²) in [5.74, 6) is 0.533. The second-order valence-electron chi connectivity index (χ2n) is 3.56. The fourth-order valence-electron chi connectivity index (χ4n) is 1.60. The van der Waals surface area contributed by atoms with E-state index in [1.165, 1.54) is 0 Å². The molecule has 1 aliphatic rings. The molecule has 7 heteroatoms. The molecular formula is C9H12ClN5O. The van der Waals surface area contributed by atoms with Gasteiger partial charge in [-0.25, -0.2) is 4.98 Å². The molecule has 1 aromatic rings.